The minimum Gasteiger partial charge on any atom is -0.494 e. The molecular formula is C22H30N2O4S. The van der Waals surface area contributed by atoms with Crippen molar-refractivity contribution in [1.82, 2.24) is 4.72 Å². The van der Waals surface area contributed by atoms with Crippen LogP contribution < -0.4 is 14.8 Å². The average molecular weight is 419 g/mol. The molecule has 0 saturated carbocycles. The molecule has 29 heavy (non-hydrogen) atoms. The number of anilines is 1. The summed E-state index contributed by atoms with van der Waals surface area (Å²) in [5.41, 5.74) is 3.53. The Labute approximate surface area is 173 Å². The second-order valence-corrected chi connectivity index (χ2v) is 8.56. The van der Waals surface area contributed by atoms with E-state index >= 15 is 0 Å². The molecule has 0 fully saturated rings. The van der Waals surface area contributed by atoms with E-state index in [4.69, 9.17) is 4.74 Å². The zero-order valence-electron chi connectivity index (χ0n) is 17.7. The number of aryl methyl sites for hydroxylation is 3. The van der Waals surface area contributed by atoms with Crippen molar-refractivity contribution < 1.29 is 17.9 Å². The van der Waals surface area contributed by atoms with Gasteiger partial charge in [0.2, 0.25) is 15.9 Å². The van der Waals surface area contributed by atoms with Crippen molar-refractivity contribution in [3.63, 3.8) is 0 Å². The first-order valence-electron chi connectivity index (χ1n) is 9.90. The summed E-state index contributed by atoms with van der Waals surface area (Å²) >= 11 is 0. The first-order chi connectivity index (χ1) is 13.7. The van der Waals surface area contributed by atoms with Crippen LogP contribution in [0.4, 0.5) is 5.69 Å². The van der Waals surface area contributed by atoms with Crippen LogP contribution in [0.2, 0.25) is 0 Å². The SMILES string of the molecule is CCOc1ccc(S(=O)(=O)N[C@@H](C)C(=O)Nc2c(CC)cccc2CC)cc1C. The highest BCUT2D eigenvalue weighted by molar-refractivity contribution is 7.89. The molecule has 0 aliphatic rings. The van der Waals surface area contributed by atoms with Crippen LogP contribution in [0.3, 0.4) is 0 Å². The summed E-state index contributed by atoms with van der Waals surface area (Å²) in [7, 11) is -3.85. The summed E-state index contributed by atoms with van der Waals surface area (Å²) in [6, 6.07) is 9.61. The molecule has 0 aliphatic heterocycles. The minimum atomic E-state index is -3.85. The predicted molar refractivity (Wildman–Crippen MR) is 116 cm³/mol. The lowest BCUT2D eigenvalue weighted by molar-refractivity contribution is -0.117. The van der Waals surface area contributed by atoms with Gasteiger partial charge in [0.05, 0.1) is 17.5 Å². The Morgan fingerprint density at radius 2 is 1.69 bits per heavy atom. The van der Waals surface area contributed by atoms with Gasteiger partial charge in [-0.15, -0.1) is 0 Å². The number of benzene rings is 2. The van der Waals surface area contributed by atoms with Crippen molar-refractivity contribution in [2.45, 2.75) is 58.4 Å². The van der Waals surface area contributed by atoms with E-state index in [1.165, 1.54) is 13.0 Å². The molecule has 2 aromatic carbocycles. The van der Waals surface area contributed by atoms with Gasteiger partial charge < -0.3 is 10.1 Å². The van der Waals surface area contributed by atoms with Crippen LogP contribution >= 0.6 is 0 Å². The first kappa shape index (κ1) is 22.9. The topological polar surface area (TPSA) is 84.5 Å². The molecule has 0 radical (unpaired) electrons. The van der Waals surface area contributed by atoms with Gasteiger partial charge in [-0.25, -0.2) is 8.42 Å². The molecule has 0 heterocycles. The fraction of sp³-hybridized carbons (Fsp3) is 0.409. The van der Waals surface area contributed by atoms with Crippen molar-refractivity contribution >= 4 is 21.6 Å². The Hall–Kier alpha value is -2.38. The zero-order chi connectivity index (χ0) is 21.6. The second kappa shape index (κ2) is 9.89. The quantitative estimate of drug-likeness (QED) is 0.648. The van der Waals surface area contributed by atoms with Crippen molar-refractivity contribution in [2.24, 2.45) is 0 Å². The Morgan fingerprint density at radius 1 is 1.07 bits per heavy atom. The summed E-state index contributed by atoms with van der Waals surface area (Å²) in [6.45, 7) is 9.73. The zero-order valence-corrected chi connectivity index (χ0v) is 18.5. The Balaban J connectivity index is 2.18. The van der Waals surface area contributed by atoms with Gasteiger partial charge in [-0.3, -0.25) is 4.79 Å². The number of carbonyl (C=O) groups excluding carboxylic acids is 1. The van der Waals surface area contributed by atoms with E-state index < -0.39 is 22.0 Å². The van der Waals surface area contributed by atoms with Crippen LogP contribution in [-0.2, 0) is 27.7 Å². The monoisotopic (exact) mass is 418 g/mol. The van der Waals surface area contributed by atoms with Gasteiger partial charge in [-0.1, -0.05) is 32.0 Å². The highest BCUT2D eigenvalue weighted by Gasteiger charge is 2.23. The van der Waals surface area contributed by atoms with Crippen LogP contribution in [0, 0.1) is 6.92 Å². The number of para-hydroxylation sites is 1. The molecule has 0 bridgehead atoms. The maximum atomic E-state index is 12.7. The lowest BCUT2D eigenvalue weighted by atomic mass is 10.0. The summed E-state index contributed by atoms with van der Waals surface area (Å²) in [4.78, 5) is 12.8. The maximum Gasteiger partial charge on any atom is 0.242 e. The standard InChI is InChI=1S/C22H30N2O4S/c1-6-17-10-9-11-18(7-2)21(17)23-22(25)16(5)24-29(26,27)19-12-13-20(28-8-3)15(4)14-19/h9-14,16,24H,6-8H2,1-5H3,(H,23,25)/t16-/m0/s1. The van der Waals surface area contributed by atoms with E-state index in [0.717, 1.165) is 35.2 Å². The number of nitrogens with one attached hydrogen (secondary N) is 2. The van der Waals surface area contributed by atoms with Gasteiger partial charge in [0.25, 0.3) is 0 Å². The molecular weight excluding hydrogens is 388 g/mol. The molecule has 0 saturated heterocycles. The maximum absolute atomic E-state index is 12.7. The van der Waals surface area contributed by atoms with E-state index in [0.29, 0.717) is 12.4 Å². The van der Waals surface area contributed by atoms with E-state index in [9.17, 15) is 13.2 Å². The summed E-state index contributed by atoms with van der Waals surface area (Å²) < 4.78 is 33.4. The van der Waals surface area contributed by atoms with Gasteiger partial charge >= 0.3 is 0 Å². The smallest absolute Gasteiger partial charge is 0.242 e. The van der Waals surface area contributed by atoms with E-state index in [1.54, 1.807) is 19.1 Å². The van der Waals surface area contributed by atoms with E-state index in [2.05, 4.69) is 10.0 Å². The Bertz CT molecular complexity index is 949. The molecule has 2 aromatic rings. The highest BCUT2D eigenvalue weighted by atomic mass is 32.2. The van der Waals surface area contributed by atoms with Crippen molar-refractivity contribution in [2.75, 3.05) is 11.9 Å². The van der Waals surface area contributed by atoms with Gasteiger partial charge in [-0.05, 0) is 68.5 Å². The van der Waals surface area contributed by atoms with Crippen LogP contribution in [0.5, 0.6) is 5.75 Å². The third-order valence-electron chi connectivity index (χ3n) is 4.73. The minimum absolute atomic E-state index is 0.0984. The first-order valence-corrected chi connectivity index (χ1v) is 11.4. The molecule has 2 N–H and O–H groups in total. The second-order valence-electron chi connectivity index (χ2n) is 6.85. The van der Waals surface area contributed by atoms with E-state index in [1.807, 2.05) is 39.0 Å². The molecule has 158 valence electrons. The van der Waals surface area contributed by atoms with Gasteiger partial charge in [0, 0.05) is 5.69 Å². The third-order valence-corrected chi connectivity index (χ3v) is 6.27. The van der Waals surface area contributed by atoms with Gasteiger partial charge in [-0.2, -0.15) is 4.72 Å². The number of amides is 1. The molecule has 7 heteroatoms. The highest BCUT2D eigenvalue weighted by Crippen LogP contribution is 2.24. The molecule has 0 aromatic heterocycles. The third kappa shape index (κ3) is 5.58. The molecule has 6 nitrogen and oxygen atoms in total. The van der Waals surface area contributed by atoms with Crippen LogP contribution in [0.25, 0.3) is 0 Å². The van der Waals surface area contributed by atoms with Crippen molar-refractivity contribution in [3.05, 3.63) is 53.1 Å². The lowest BCUT2D eigenvalue weighted by Crippen LogP contribution is -2.41. The van der Waals surface area contributed by atoms with E-state index in [-0.39, 0.29) is 4.90 Å². The lowest BCUT2D eigenvalue weighted by Gasteiger charge is -2.18. The number of rotatable bonds is 9. The number of carbonyl (C=O) groups is 1. The number of sulfonamides is 1. The van der Waals surface area contributed by atoms with Crippen LogP contribution in [0.1, 0.15) is 44.4 Å². The molecule has 2 rings (SSSR count). The Morgan fingerprint density at radius 3 is 2.21 bits per heavy atom. The number of hydrogen-bond donors (Lipinski definition) is 2. The summed E-state index contributed by atoms with van der Waals surface area (Å²) in [6.07, 6.45) is 1.55. The van der Waals surface area contributed by atoms with Gasteiger partial charge in [0.15, 0.2) is 0 Å². The molecule has 1 amide bonds. The fourth-order valence-corrected chi connectivity index (χ4v) is 4.38. The fourth-order valence-electron chi connectivity index (χ4n) is 3.10. The summed E-state index contributed by atoms with van der Waals surface area (Å²) in [5, 5.41) is 2.91. The van der Waals surface area contributed by atoms with Crippen LogP contribution in [-0.4, -0.2) is 27.0 Å². The molecule has 0 aliphatic carbocycles. The normalized spacial score (nSPS) is 12.4. The van der Waals surface area contributed by atoms with Crippen LogP contribution in [0.15, 0.2) is 41.3 Å². The largest absolute Gasteiger partial charge is 0.494 e. The molecule has 1 atom stereocenters. The molecule has 0 spiro atoms. The van der Waals surface area contributed by atoms with Crippen molar-refractivity contribution in [1.29, 1.82) is 0 Å². The number of ether oxygens (including phenoxy) is 1. The Kier molecular flexibility index (Phi) is 7.81. The predicted octanol–water partition coefficient (Wildman–Crippen LogP) is 3.82. The summed E-state index contributed by atoms with van der Waals surface area (Å²) in [5.74, 6) is 0.243. The van der Waals surface area contributed by atoms with Crippen molar-refractivity contribution in [3.8, 4) is 5.75 Å². The number of hydrogen-bond acceptors (Lipinski definition) is 4. The molecule has 0 unspecified atom stereocenters. The average Bonchev–Trinajstić information content (AvgIpc) is 2.69. The van der Waals surface area contributed by atoms with Gasteiger partial charge in [0.1, 0.15) is 5.75 Å².